The van der Waals surface area contributed by atoms with Crippen molar-refractivity contribution in [3.63, 3.8) is 0 Å². The number of aromatic nitrogens is 3. The number of fused-ring (bicyclic) bond motifs is 3. The highest BCUT2D eigenvalue weighted by Crippen LogP contribution is 2.28. The van der Waals surface area contributed by atoms with Crippen molar-refractivity contribution in [2.45, 2.75) is 32.9 Å². The largest absolute Gasteiger partial charge is 0.330 e. The Morgan fingerprint density at radius 2 is 1.66 bits per heavy atom. The Morgan fingerprint density at radius 3 is 2.40 bits per heavy atom. The van der Waals surface area contributed by atoms with E-state index in [4.69, 9.17) is 4.98 Å². The molecule has 0 atom stereocenters. The molecule has 6 heteroatoms. The molecule has 3 aromatic carbocycles. The molecule has 6 rings (SSSR count). The van der Waals surface area contributed by atoms with E-state index < -0.39 is 0 Å². The first-order valence-corrected chi connectivity index (χ1v) is 12.0. The number of hydrogen-bond acceptors (Lipinski definition) is 3. The van der Waals surface area contributed by atoms with Crippen molar-refractivity contribution in [1.29, 1.82) is 0 Å². The Hall–Kier alpha value is -4.19. The lowest BCUT2D eigenvalue weighted by Crippen LogP contribution is -2.23. The van der Waals surface area contributed by atoms with E-state index in [9.17, 15) is 9.59 Å². The molecule has 5 aromatic rings. The van der Waals surface area contributed by atoms with Crippen molar-refractivity contribution in [3.05, 3.63) is 106 Å². The topological polar surface area (TPSA) is 60.1 Å². The van der Waals surface area contributed by atoms with Crippen molar-refractivity contribution < 1.29 is 4.79 Å². The van der Waals surface area contributed by atoms with Gasteiger partial charge in [-0.05, 0) is 48.7 Å². The highest BCUT2D eigenvalue weighted by Gasteiger charge is 2.22. The summed E-state index contributed by atoms with van der Waals surface area (Å²) in [6.07, 6.45) is 3.18. The van der Waals surface area contributed by atoms with Gasteiger partial charge in [-0.2, -0.15) is 0 Å². The minimum atomic E-state index is -0.0491. The van der Waals surface area contributed by atoms with E-state index in [1.54, 1.807) is 10.9 Å². The van der Waals surface area contributed by atoms with Crippen molar-refractivity contribution in [2.75, 3.05) is 11.4 Å². The normalized spacial score (nSPS) is 13.9. The third kappa shape index (κ3) is 3.81. The number of nitrogens with zero attached hydrogens (tertiary/aromatic N) is 4. The van der Waals surface area contributed by atoms with E-state index in [0.717, 1.165) is 51.8 Å². The maximum Gasteiger partial charge on any atom is 0.278 e. The molecule has 174 valence electrons. The molecule has 1 aliphatic heterocycles. The van der Waals surface area contributed by atoms with Gasteiger partial charge in [-0.1, -0.05) is 54.1 Å². The van der Waals surface area contributed by atoms with E-state index in [2.05, 4.69) is 29.7 Å². The van der Waals surface area contributed by atoms with Crippen LogP contribution in [0.25, 0.3) is 21.9 Å². The number of amides is 1. The molecule has 0 unspecified atom stereocenters. The SMILES string of the molecule is Cc1ccc2c(c1)c1ncn(Cc3ccccc3)c(=O)c1n2Cc1ccc(N2CCCC2=O)cc1. The molecule has 35 heavy (non-hydrogen) atoms. The van der Waals surface area contributed by atoms with Gasteiger partial charge in [-0.15, -0.1) is 0 Å². The molecular formula is C29H26N4O2. The second-order valence-electron chi connectivity index (χ2n) is 9.28. The molecule has 0 saturated carbocycles. The molecule has 1 saturated heterocycles. The molecule has 6 nitrogen and oxygen atoms in total. The molecule has 0 spiro atoms. The fourth-order valence-electron chi connectivity index (χ4n) is 5.06. The van der Waals surface area contributed by atoms with Gasteiger partial charge >= 0.3 is 0 Å². The van der Waals surface area contributed by atoms with Crippen LogP contribution in [0.15, 0.2) is 83.9 Å². The number of carbonyl (C=O) groups is 1. The fourth-order valence-corrected chi connectivity index (χ4v) is 5.06. The standard InChI is InChI=1S/C29H26N4O2/c1-20-9-14-25-24(16-20)27-28(29(35)31(19-30-27)17-21-6-3-2-4-7-21)33(25)18-22-10-12-23(13-11-22)32-15-5-8-26(32)34/h2-4,6-7,9-14,16,19H,5,8,15,17-18H2,1H3. The molecule has 1 aliphatic rings. The molecule has 0 N–H and O–H groups in total. The molecule has 0 bridgehead atoms. The third-order valence-electron chi connectivity index (χ3n) is 6.84. The second-order valence-corrected chi connectivity index (χ2v) is 9.28. The summed E-state index contributed by atoms with van der Waals surface area (Å²) in [5, 5.41) is 0.989. The summed E-state index contributed by atoms with van der Waals surface area (Å²) in [5.74, 6) is 0.181. The smallest absolute Gasteiger partial charge is 0.278 e. The predicted octanol–water partition coefficient (Wildman–Crippen LogP) is 4.88. The molecule has 3 heterocycles. The summed E-state index contributed by atoms with van der Waals surface area (Å²) in [6, 6.07) is 24.3. The van der Waals surface area contributed by atoms with Crippen molar-refractivity contribution in [3.8, 4) is 0 Å². The van der Waals surface area contributed by atoms with E-state index in [-0.39, 0.29) is 11.5 Å². The Kier molecular flexibility index (Phi) is 5.21. The van der Waals surface area contributed by atoms with Gasteiger partial charge in [0.15, 0.2) is 0 Å². The molecular weight excluding hydrogens is 436 g/mol. The minimum absolute atomic E-state index is 0.0491. The van der Waals surface area contributed by atoms with Gasteiger partial charge < -0.3 is 9.47 Å². The minimum Gasteiger partial charge on any atom is -0.330 e. The van der Waals surface area contributed by atoms with Crippen molar-refractivity contribution >= 4 is 33.5 Å². The summed E-state index contributed by atoms with van der Waals surface area (Å²) in [7, 11) is 0. The number of hydrogen-bond donors (Lipinski definition) is 0. The average molecular weight is 463 g/mol. The Labute approximate surface area is 203 Å². The van der Waals surface area contributed by atoms with Gasteiger partial charge in [0.1, 0.15) is 11.0 Å². The van der Waals surface area contributed by atoms with Gasteiger partial charge in [-0.3, -0.25) is 14.2 Å². The first-order chi connectivity index (χ1) is 17.1. The maximum absolute atomic E-state index is 13.7. The summed E-state index contributed by atoms with van der Waals surface area (Å²) >= 11 is 0. The Morgan fingerprint density at radius 1 is 0.886 bits per heavy atom. The van der Waals surface area contributed by atoms with Gasteiger partial charge in [0.25, 0.3) is 5.56 Å². The van der Waals surface area contributed by atoms with Crippen LogP contribution in [0.1, 0.15) is 29.5 Å². The fraction of sp³-hybridized carbons (Fsp3) is 0.207. The van der Waals surface area contributed by atoms with Gasteiger partial charge in [0.05, 0.1) is 18.4 Å². The lowest BCUT2D eigenvalue weighted by molar-refractivity contribution is -0.117. The lowest BCUT2D eigenvalue weighted by Gasteiger charge is -2.16. The van der Waals surface area contributed by atoms with Crippen LogP contribution in [-0.4, -0.2) is 26.6 Å². The maximum atomic E-state index is 13.7. The van der Waals surface area contributed by atoms with Crippen molar-refractivity contribution in [1.82, 2.24) is 14.1 Å². The quantitative estimate of drug-likeness (QED) is 0.374. The van der Waals surface area contributed by atoms with Gasteiger partial charge in [-0.25, -0.2) is 4.98 Å². The first kappa shape index (κ1) is 21.4. The number of rotatable bonds is 5. The molecule has 2 aromatic heterocycles. The van der Waals surface area contributed by atoms with Crippen LogP contribution < -0.4 is 10.5 Å². The summed E-state index contributed by atoms with van der Waals surface area (Å²) in [4.78, 5) is 32.4. The van der Waals surface area contributed by atoms with Crippen LogP contribution in [0, 0.1) is 6.92 Å². The number of aryl methyl sites for hydroxylation is 1. The summed E-state index contributed by atoms with van der Waals surface area (Å²) < 4.78 is 3.76. The van der Waals surface area contributed by atoms with E-state index >= 15 is 0 Å². The monoisotopic (exact) mass is 462 g/mol. The zero-order valence-corrected chi connectivity index (χ0v) is 19.6. The lowest BCUT2D eigenvalue weighted by atomic mass is 10.1. The van der Waals surface area contributed by atoms with Gasteiger partial charge in [0, 0.05) is 30.6 Å². The second kappa shape index (κ2) is 8.55. The molecule has 1 fully saturated rings. The van der Waals surface area contributed by atoms with E-state index in [1.807, 2.05) is 59.5 Å². The van der Waals surface area contributed by atoms with Crippen LogP contribution in [0.2, 0.25) is 0 Å². The number of carbonyl (C=O) groups excluding carboxylic acids is 1. The van der Waals surface area contributed by atoms with Crippen LogP contribution in [-0.2, 0) is 17.9 Å². The molecule has 1 amide bonds. The van der Waals surface area contributed by atoms with E-state index in [0.29, 0.717) is 25.0 Å². The molecule has 0 aliphatic carbocycles. The van der Waals surface area contributed by atoms with Crippen LogP contribution >= 0.6 is 0 Å². The number of benzene rings is 3. The van der Waals surface area contributed by atoms with Crippen LogP contribution in [0.4, 0.5) is 5.69 Å². The Bertz CT molecular complexity index is 1610. The Balaban J connectivity index is 1.45. The third-order valence-corrected chi connectivity index (χ3v) is 6.84. The zero-order valence-electron chi connectivity index (χ0n) is 19.6. The summed E-state index contributed by atoms with van der Waals surface area (Å²) in [5.41, 5.74) is 6.48. The number of anilines is 1. The molecule has 0 radical (unpaired) electrons. The summed E-state index contributed by atoms with van der Waals surface area (Å²) in [6.45, 7) is 3.85. The average Bonchev–Trinajstić information content (AvgIpc) is 3.43. The first-order valence-electron chi connectivity index (χ1n) is 12.0. The predicted molar refractivity (Wildman–Crippen MR) is 139 cm³/mol. The zero-order chi connectivity index (χ0) is 23.9. The highest BCUT2D eigenvalue weighted by atomic mass is 16.2. The van der Waals surface area contributed by atoms with E-state index in [1.165, 1.54) is 0 Å². The van der Waals surface area contributed by atoms with Crippen LogP contribution in [0.3, 0.4) is 0 Å². The highest BCUT2D eigenvalue weighted by molar-refractivity contribution is 6.05. The van der Waals surface area contributed by atoms with Crippen molar-refractivity contribution in [2.24, 2.45) is 0 Å². The van der Waals surface area contributed by atoms with Crippen LogP contribution in [0.5, 0.6) is 0 Å². The van der Waals surface area contributed by atoms with Gasteiger partial charge in [0.2, 0.25) is 5.91 Å².